The first kappa shape index (κ1) is 13.3. The molecule has 1 aliphatic heterocycles. The molecule has 0 aromatic carbocycles. The highest BCUT2D eigenvalue weighted by molar-refractivity contribution is 4.83. The van der Waals surface area contributed by atoms with E-state index in [-0.39, 0.29) is 11.9 Å². The highest BCUT2D eigenvalue weighted by Gasteiger charge is 2.33. The van der Waals surface area contributed by atoms with Gasteiger partial charge in [0.15, 0.2) is 5.79 Å². The molecule has 0 aromatic heterocycles. The van der Waals surface area contributed by atoms with Crippen molar-refractivity contribution < 1.29 is 9.47 Å². The number of hydrogen-bond donors (Lipinski definition) is 1. The van der Waals surface area contributed by atoms with Gasteiger partial charge in [-0.25, -0.2) is 0 Å². The van der Waals surface area contributed by atoms with E-state index in [9.17, 15) is 0 Å². The molecule has 1 heterocycles. The van der Waals surface area contributed by atoms with Crippen LogP contribution in [0.5, 0.6) is 0 Å². The van der Waals surface area contributed by atoms with Gasteiger partial charge in [0, 0.05) is 12.6 Å². The summed E-state index contributed by atoms with van der Waals surface area (Å²) in [7, 11) is 0. The first-order valence-corrected chi connectivity index (χ1v) is 7.01. The second-order valence-corrected chi connectivity index (χ2v) is 6.36. The van der Waals surface area contributed by atoms with Crippen molar-refractivity contribution in [3.63, 3.8) is 0 Å². The Bertz CT molecular complexity index is 255. The normalized spacial score (nSPS) is 41.6. The van der Waals surface area contributed by atoms with E-state index in [2.05, 4.69) is 19.2 Å². The molecule has 1 aliphatic carbocycles. The van der Waals surface area contributed by atoms with Crippen molar-refractivity contribution in [1.82, 2.24) is 5.32 Å². The van der Waals surface area contributed by atoms with Crippen LogP contribution in [-0.4, -0.2) is 31.1 Å². The number of hydrogen-bond acceptors (Lipinski definition) is 3. The third kappa shape index (κ3) is 3.67. The zero-order valence-corrected chi connectivity index (χ0v) is 11.7. The average molecular weight is 241 g/mol. The van der Waals surface area contributed by atoms with Gasteiger partial charge in [0.2, 0.25) is 0 Å². The molecule has 0 radical (unpaired) electrons. The van der Waals surface area contributed by atoms with E-state index < -0.39 is 0 Å². The molecule has 17 heavy (non-hydrogen) atoms. The smallest absolute Gasteiger partial charge is 0.163 e. The molecule has 3 heteroatoms. The van der Waals surface area contributed by atoms with Gasteiger partial charge in [-0.1, -0.05) is 13.8 Å². The molecule has 1 saturated carbocycles. The summed E-state index contributed by atoms with van der Waals surface area (Å²) in [5.41, 5.74) is 0. The first-order chi connectivity index (χ1) is 7.96. The van der Waals surface area contributed by atoms with Crippen LogP contribution >= 0.6 is 0 Å². The zero-order valence-electron chi connectivity index (χ0n) is 11.7. The van der Waals surface area contributed by atoms with Gasteiger partial charge in [-0.05, 0) is 44.9 Å². The Hall–Kier alpha value is -0.120. The Morgan fingerprint density at radius 3 is 2.59 bits per heavy atom. The van der Waals surface area contributed by atoms with Gasteiger partial charge in [-0.3, -0.25) is 0 Å². The Morgan fingerprint density at radius 2 is 2.00 bits per heavy atom. The van der Waals surface area contributed by atoms with Gasteiger partial charge in [-0.2, -0.15) is 0 Å². The summed E-state index contributed by atoms with van der Waals surface area (Å²) in [5.74, 6) is 1.29. The zero-order chi connectivity index (χ0) is 12.5. The van der Waals surface area contributed by atoms with Crippen LogP contribution in [-0.2, 0) is 9.47 Å². The number of nitrogens with one attached hydrogen (secondary N) is 1. The summed E-state index contributed by atoms with van der Waals surface area (Å²) in [6.45, 7) is 10.3. The lowest BCUT2D eigenvalue weighted by molar-refractivity contribution is -0.138. The van der Waals surface area contributed by atoms with Crippen molar-refractivity contribution in [1.29, 1.82) is 0 Å². The van der Waals surface area contributed by atoms with Crippen LogP contribution in [0.3, 0.4) is 0 Å². The molecule has 4 atom stereocenters. The van der Waals surface area contributed by atoms with E-state index in [0.717, 1.165) is 25.0 Å². The van der Waals surface area contributed by atoms with Crippen molar-refractivity contribution in [3.05, 3.63) is 0 Å². The van der Waals surface area contributed by atoms with Crippen molar-refractivity contribution >= 4 is 0 Å². The molecular weight excluding hydrogens is 214 g/mol. The summed E-state index contributed by atoms with van der Waals surface area (Å²) in [4.78, 5) is 0. The molecule has 0 aromatic rings. The van der Waals surface area contributed by atoms with E-state index >= 15 is 0 Å². The molecule has 0 bridgehead atoms. The average Bonchev–Trinajstić information content (AvgIpc) is 2.57. The Kier molecular flexibility index (Phi) is 4.11. The Balaban J connectivity index is 1.72. The molecule has 4 unspecified atom stereocenters. The Labute approximate surface area is 105 Å². The van der Waals surface area contributed by atoms with E-state index in [4.69, 9.17) is 9.47 Å². The van der Waals surface area contributed by atoms with Crippen LogP contribution in [0.4, 0.5) is 0 Å². The standard InChI is InChI=1S/C14H27NO2/c1-10-5-6-13(11(2)7-10)15-8-12-9-16-14(3,4)17-12/h10-13,15H,5-9H2,1-4H3. The summed E-state index contributed by atoms with van der Waals surface area (Å²) in [6, 6.07) is 0.665. The fraction of sp³-hybridized carbons (Fsp3) is 1.00. The van der Waals surface area contributed by atoms with Crippen LogP contribution in [0.25, 0.3) is 0 Å². The maximum absolute atomic E-state index is 5.81. The van der Waals surface area contributed by atoms with Gasteiger partial charge in [0.25, 0.3) is 0 Å². The fourth-order valence-corrected chi connectivity index (χ4v) is 3.12. The molecular formula is C14H27NO2. The maximum atomic E-state index is 5.81. The predicted molar refractivity (Wildman–Crippen MR) is 68.9 cm³/mol. The summed E-state index contributed by atoms with van der Waals surface area (Å²) in [6.07, 6.45) is 4.23. The fourth-order valence-electron chi connectivity index (χ4n) is 3.12. The quantitative estimate of drug-likeness (QED) is 0.823. The van der Waals surface area contributed by atoms with Crippen LogP contribution in [0.2, 0.25) is 0 Å². The molecule has 1 N–H and O–H groups in total. The molecule has 1 saturated heterocycles. The van der Waals surface area contributed by atoms with E-state index in [1.54, 1.807) is 0 Å². The van der Waals surface area contributed by atoms with Crippen molar-refractivity contribution in [2.24, 2.45) is 11.8 Å². The monoisotopic (exact) mass is 241 g/mol. The minimum Gasteiger partial charge on any atom is -0.348 e. The largest absolute Gasteiger partial charge is 0.348 e. The van der Waals surface area contributed by atoms with Crippen molar-refractivity contribution in [2.75, 3.05) is 13.2 Å². The van der Waals surface area contributed by atoms with Gasteiger partial charge >= 0.3 is 0 Å². The van der Waals surface area contributed by atoms with Crippen molar-refractivity contribution in [2.45, 2.75) is 64.9 Å². The van der Waals surface area contributed by atoms with E-state index in [0.29, 0.717) is 6.04 Å². The molecule has 0 spiro atoms. The maximum Gasteiger partial charge on any atom is 0.163 e. The summed E-state index contributed by atoms with van der Waals surface area (Å²) in [5, 5.41) is 3.67. The second kappa shape index (κ2) is 5.25. The van der Waals surface area contributed by atoms with E-state index in [1.165, 1.54) is 19.3 Å². The minimum atomic E-state index is -0.390. The van der Waals surface area contributed by atoms with E-state index in [1.807, 2.05) is 13.8 Å². The molecule has 2 fully saturated rings. The second-order valence-electron chi connectivity index (χ2n) is 6.36. The topological polar surface area (TPSA) is 30.5 Å². The van der Waals surface area contributed by atoms with Crippen LogP contribution in [0.15, 0.2) is 0 Å². The minimum absolute atomic E-state index is 0.219. The van der Waals surface area contributed by atoms with Gasteiger partial charge in [-0.15, -0.1) is 0 Å². The summed E-state index contributed by atoms with van der Waals surface area (Å²) >= 11 is 0. The van der Waals surface area contributed by atoms with Crippen molar-refractivity contribution in [3.8, 4) is 0 Å². The Morgan fingerprint density at radius 1 is 1.24 bits per heavy atom. The lowest BCUT2D eigenvalue weighted by Gasteiger charge is -2.33. The number of rotatable bonds is 3. The third-order valence-electron chi connectivity index (χ3n) is 4.11. The highest BCUT2D eigenvalue weighted by atomic mass is 16.7. The number of ether oxygens (including phenoxy) is 2. The summed E-state index contributed by atoms with van der Waals surface area (Å²) < 4.78 is 11.4. The van der Waals surface area contributed by atoms with Gasteiger partial charge < -0.3 is 14.8 Å². The molecule has 2 rings (SSSR count). The predicted octanol–water partition coefficient (Wildman–Crippen LogP) is 2.55. The van der Waals surface area contributed by atoms with Crippen LogP contribution in [0, 0.1) is 11.8 Å². The first-order valence-electron chi connectivity index (χ1n) is 7.01. The lowest BCUT2D eigenvalue weighted by Crippen LogP contribution is -2.43. The molecule has 0 amide bonds. The van der Waals surface area contributed by atoms with Gasteiger partial charge in [0.1, 0.15) is 0 Å². The van der Waals surface area contributed by atoms with Gasteiger partial charge in [0.05, 0.1) is 12.7 Å². The van der Waals surface area contributed by atoms with Crippen LogP contribution in [0.1, 0.15) is 47.0 Å². The lowest BCUT2D eigenvalue weighted by atomic mass is 9.80. The molecule has 100 valence electrons. The highest BCUT2D eigenvalue weighted by Crippen LogP contribution is 2.29. The van der Waals surface area contributed by atoms with Crippen LogP contribution < -0.4 is 5.32 Å². The third-order valence-corrected chi connectivity index (χ3v) is 4.11. The molecule has 3 nitrogen and oxygen atoms in total. The molecule has 2 aliphatic rings. The SMILES string of the molecule is CC1CCC(NCC2COC(C)(C)O2)C(C)C1.